The van der Waals surface area contributed by atoms with Gasteiger partial charge in [0.2, 0.25) is 11.9 Å². The number of benzene rings is 2. The molecule has 0 saturated heterocycles. The lowest BCUT2D eigenvalue weighted by molar-refractivity contribution is 0.415. The van der Waals surface area contributed by atoms with Crippen LogP contribution in [0.2, 0.25) is 0 Å². The molecule has 0 radical (unpaired) electrons. The van der Waals surface area contributed by atoms with E-state index in [4.69, 9.17) is 20.9 Å². The van der Waals surface area contributed by atoms with Crippen molar-refractivity contribution in [3.63, 3.8) is 0 Å². The van der Waals surface area contributed by atoms with Crippen LogP contribution in [-0.4, -0.2) is 38.6 Å². The summed E-state index contributed by atoms with van der Waals surface area (Å²) >= 11 is 0. The van der Waals surface area contributed by atoms with E-state index >= 15 is 0 Å². The molecule has 2 rings (SSSR count). The number of nitrogens with two attached hydrogens (primary N) is 2. The second-order valence-corrected chi connectivity index (χ2v) is 5.17. The highest BCUT2D eigenvalue weighted by molar-refractivity contribution is 6.16. The molecule has 0 spiro atoms. The molecule has 0 amide bonds. The van der Waals surface area contributed by atoms with Crippen molar-refractivity contribution >= 4 is 35.7 Å². The van der Waals surface area contributed by atoms with Crippen molar-refractivity contribution in [3.8, 4) is 11.5 Å². The van der Waals surface area contributed by atoms with E-state index in [-0.39, 0.29) is 11.9 Å². The number of hydrogen-bond acceptors (Lipinski definition) is 6. The first kappa shape index (κ1) is 20.2. The number of rotatable bonds is 7. The molecule has 2 aromatic rings. The average molecular weight is 382 g/mol. The van der Waals surface area contributed by atoms with Gasteiger partial charge in [-0.25, -0.2) is 20.8 Å². The van der Waals surface area contributed by atoms with Gasteiger partial charge in [-0.3, -0.25) is 0 Å². The van der Waals surface area contributed by atoms with E-state index in [9.17, 15) is 0 Å². The molecule has 0 unspecified atom stereocenters. The third-order valence-electron chi connectivity index (χ3n) is 3.22. The first-order chi connectivity index (χ1) is 13.6. The van der Waals surface area contributed by atoms with Gasteiger partial charge in [0.25, 0.3) is 0 Å². The molecule has 10 heteroatoms. The van der Waals surface area contributed by atoms with Gasteiger partial charge in [-0.15, -0.1) is 0 Å². The summed E-state index contributed by atoms with van der Waals surface area (Å²) in [5.74, 6) is 1.73. The van der Waals surface area contributed by atoms with Crippen LogP contribution in [0.1, 0.15) is 0 Å². The Morgan fingerprint density at radius 1 is 0.714 bits per heavy atom. The van der Waals surface area contributed by atoms with E-state index in [1.54, 1.807) is 62.8 Å². The summed E-state index contributed by atoms with van der Waals surface area (Å²) in [5.41, 5.74) is 17.9. The maximum absolute atomic E-state index is 5.73. The van der Waals surface area contributed by atoms with Gasteiger partial charge in [0, 0.05) is 0 Å². The lowest BCUT2D eigenvalue weighted by atomic mass is 10.3. The molecule has 146 valence electrons. The Balaban J connectivity index is 1.78. The Morgan fingerprint density at radius 2 is 1.07 bits per heavy atom. The number of aliphatic imine (C=N–C) groups is 2. The highest BCUT2D eigenvalue weighted by atomic mass is 16.5. The average Bonchev–Trinajstić information content (AvgIpc) is 2.71. The number of hydrazone groups is 2. The van der Waals surface area contributed by atoms with Crippen molar-refractivity contribution in [3.05, 3.63) is 48.5 Å². The van der Waals surface area contributed by atoms with Crippen molar-refractivity contribution in [2.45, 2.75) is 0 Å². The molecule has 6 N–H and O–H groups in total. The van der Waals surface area contributed by atoms with Crippen LogP contribution in [-0.2, 0) is 0 Å². The minimum Gasteiger partial charge on any atom is -0.497 e. The largest absolute Gasteiger partial charge is 0.497 e. The highest BCUT2D eigenvalue weighted by Crippen LogP contribution is 2.17. The summed E-state index contributed by atoms with van der Waals surface area (Å²) in [7, 11) is 3.19. The third kappa shape index (κ3) is 7.04. The van der Waals surface area contributed by atoms with Gasteiger partial charge in [-0.1, -0.05) is 0 Å². The number of methoxy groups -OCH3 is 2. The molecule has 0 aromatic heterocycles. The smallest absolute Gasteiger partial charge is 0.214 e. The minimum atomic E-state index is 0.128. The second-order valence-electron chi connectivity index (χ2n) is 5.17. The molecule has 0 aliphatic rings. The Bertz CT molecular complexity index is 785. The first-order valence-corrected chi connectivity index (χ1v) is 8.14. The molecule has 0 fully saturated rings. The Hall–Kier alpha value is -4.08. The van der Waals surface area contributed by atoms with Gasteiger partial charge in [0.1, 0.15) is 11.5 Å². The zero-order valence-electron chi connectivity index (χ0n) is 15.5. The fraction of sp³-hybridized carbons (Fsp3) is 0.111. The van der Waals surface area contributed by atoms with E-state index in [2.05, 4.69) is 31.0 Å². The summed E-state index contributed by atoms with van der Waals surface area (Å²) < 4.78 is 10.1. The molecule has 0 heterocycles. The molecule has 0 atom stereocenters. The molecular weight excluding hydrogens is 360 g/mol. The molecule has 28 heavy (non-hydrogen) atoms. The Morgan fingerprint density at radius 3 is 1.39 bits per heavy atom. The van der Waals surface area contributed by atoms with Crippen molar-refractivity contribution in [1.82, 2.24) is 10.9 Å². The number of hydrogen-bond donors (Lipinski definition) is 4. The summed E-state index contributed by atoms with van der Waals surface area (Å²) in [5, 5.41) is 7.72. The van der Waals surface area contributed by atoms with E-state index in [0.29, 0.717) is 11.4 Å². The Labute approximate surface area is 162 Å². The number of guanidine groups is 2. The van der Waals surface area contributed by atoms with Crippen molar-refractivity contribution in [2.24, 2.45) is 31.7 Å². The van der Waals surface area contributed by atoms with E-state index < -0.39 is 0 Å². The van der Waals surface area contributed by atoms with Gasteiger partial charge < -0.3 is 20.9 Å². The first-order valence-electron chi connectivity index (χ1n) is 8.14. The standard InChI is InChI=1S/C18H22N8O2/c1-27-15-7-3-13(4-8-15)23-17(19)25-21-11-12-22-26-18(20)24-14-5-9-16(28-2)10-6-14/h3-12H,1-2H3,(H3,19,23,25)(H3,20,24,26)/b21-11+,22-12+. The van der Waals surface area contributed by atoms with Gasteiger partial charge in [-0.05, 0) is 48.5 Å². The van der Waals surface area contributed by atoms with Gasteiger partial charge >= 0.3 is 0 Å². The molecule has 0 aliphatic carbocycles. The molecule has 0 aliphatic heterocycles. The number of nitrogens with zero attached hydrogens (tertiary/aromatic N) is 4. The third-order valence-corrected chi connectivity index (χ3v) is 3.22. The summed E-state index contributed by atoms with van der Waals surface area (Å²) in [6, 6.07) is 14.2. The van der Waals surface area contributed by atoms with Crippen molar-refractivity contribution in [1.29, 1.82) is 0 Å². The summed E-state index contributed by atoms with van der Waals surface area (Å²) in [4.78, 5) is 8.29. The van der Waals surface area contributed by atoms with Gasteiger partial charge in [-0.2, -0.15) is 10.2 Å². The van der Waals surface area contributed by atoms with E-state index in [1.807, 2.05) is 0 Å². The van der Waals surface area contributed by atoms with Crippen molar-refractivity contribution < 1.29 is 9.47 Å². The fourth-order valence-electron chi connectivity index (χ4n) is 1.92. The number of nitrogens with one attached hydrogen (secondary N) is 2. The zero-order valence-corrected chi connectivity index (χ0v) is 15.5. The normalized spacial score (nSPS) is 12.4. The van der Waals surface area contributed by atoms with E-state index in [0.717, 1.165) is 11.5 Å². The summed E-state index contributed by atoms with van der Waals surface area (Å²) in [6.07, 6.45) is 2.76. The lowest BCUT2D eigenvalue weighted by Crippen LogP contribution is -2.27. The van der Waals surface area contributed by atoms with Crippen LogP contribution in [0.15, 0.2) is 68.7 Å². The predicted octanol–water partition coefficient (Wildman–Crippen LogP) is 1.45. The molecule has 0 bridgehead atoms. The van der Waals surface area contributed by atoms with Crippen molar-refractivity contribution in [2.75, 3.05) is 14.2 Å². The van der Waals surface area contributed by atoms with Crippen LogP contribution >= 0.6 is 0 Å². The number of ether oxygens (including phenoxy) is 2. The van der Waals surface area contributed by atoms with E-state index in [1.165, 1.54) is 12.4 Å². The Kier molecular flexibility index (Phi) is 7.81. The van der Waals surface area contributed by atoms with Gasteiger partial charge in [0.15, 0.2) is 0 Å². The van der Waals surface area contributed by atoms with Crippen LogP contribution in [0.5, 0.6) is 11.5 Å². The second kappa shape index (κ2) is 10.8. The highest BCUT2D eigenvalue weighted by Gasteiger charge is 1.95. The minimum absolute atomic E-state index is 0.128. The monoisotopic (exact) mass is 382 g/mol. The predicted molar refractivity (Wildman–Crippen MR) is 112 cm³/mol. The molecule has 10 nitrogen and oxygen atoms in total. The fourth-order valence-corrected chi connectivity index (χ4v) is 1.92. The molecular formula is C18H22N8O2. The maximum Gasteiger partial charge on any atom is 0.214 e. The zero-order chi connectivity index (χ0) is 20.2. The van der Waals surface area contributed by atoms with Crippen LogP contribution in [0.25, 0.3) is 0 Å². The SMILES string of the molecule is COc1ccc(N=C(N)N/N=C/C=N/NC(N)=Nc2ccc(OC)cc2)cc1. The lowest BCUT2D eigenvalue weighted by Gasteiger charge is -2.01. The quantitative estimate of drug-likeness (QED) is 0.324. The molecule has 0 saturated carbocycles. The van der Waals surface area contributed by atoms with Crippen LogP contribution in [0, 0.1) is 0 Å². The topological polar surface area (TPSA) is 144 Å². The van der Waals surface area contributed by atoms with Crippen LogP contribution < -0.4 is 31.8 Å². The molecule has 2 aromatic carbocycles. The van der Waals surface area contributed by atoms with Crippen LogP contribution in [0.3, 0.4) is 0 Å². The van der Waals surface area contributed by atoms with Gasteiger partial charge in [0.05, 0.1) is 38.0 Å². The maximum atomic E-state index is 5.73. The van der Waals surface area contributed by atoms with Crippen LogP contribution in [0.4, 0.5) is 11.4 Å². The summed E-state index contributed by atoms with van der Waals surface area (Å²) in [6.45, 7) is 0.